The number of thiophene rings is 1. The van der Waals surface area contributed by atoms with Crippen LogP contribution < -0.4 is 11.1 Å². The maximum atomic E-state index is 12.4. The van der Waals surface area contributed by atoms with Crippen molar-refractivity contribution in [2.75, 3.05) is 11.1 Å². The molecule has 20 heavy (non-hydrogen) atoms. The van der Waals surface area contributed by atoms with Crippen molar-refractivity contribution < 1.29 is 4.79 Å². The molecule has 2 aromatic carbocycles. The van der Waals surface area contributed by atoms with Crippen LogP contribution in [0.25, 0.3) is 10.1 Å². The van der Waals surface area contributed by atoms with Crippen LogP contribution in [0.1, 0.15) is 15.9 Å². The zero-order valence-corrected chi connectivity index (χ0v) is 11.8. The maximum absolute atomic E-state index is 12.4. The number of nitrogens with two attached hydrogens (primary N) is 1. The third-order valence-electron chi connectivity index (χ3n) is 3.27. The number of fused-ring (bicyclic) bond motifs is 1. The average Bonchev–Trinajstić information content (AvgIpc) is 2.87. The van der Waals surface area contributed by atoms with Crippen molar-refractivity contribution in [2.45, 2.75) is 6.92 Å². The summed E-state index contributed by atoms with van der Waals surface area (Å²) in [6.45, 7) is 1.93. The van der Waals surface area contributed by atoms with E-state index in [-0.39, 0.29) is 5.91 Å². The molecule has 0 aliphatic carbocycles. The SMILES string of the molecule is Cc1cccc(N)c1NC(=O)c1csc2ccccc12. The maximum Gasteiger partial charge on any atom is 0.257 e. The molecule has 0 saturated carbocycles. The van der Waals surface area contributed by atoms with Gasteiger partial charge in [0.2, 0.25) is 0 Å². The first-order valence-corrected chi connectivity index (χ1v) is 7.17. The molecule has 0 spiro atoms. The van der Waals surface area contributed by atoms with E-state index in [4.69, 9.17) is 5.73 Å². The highest BCUT2D eigenvalue weighted by atomic mass is 32.1. The molecule has 4 heteroatoms. The van der Waals surface area contributed by atoms with Gasteiger partial charge in [-0.2, -0.15) is 0 Å². The van der Waals surface area contributed by atoms with E-state index in [1.54, 1.807) is 17.4 Å². The molecule has 3 aromatic rings. The highest BCUT2D eigenvalue weighted by Gasteiger charge is 2.14. The Kier molecular flexibility index (Phi) is 3.16. The summed E-state index contributed by atoms with van der Waals surface area (Å²) >= 11 is 1.57. The number of hydrogen-bond acceptors (Lipinski definition) is 3. The van der Waals surface area contributed by atoms with Crippen LogP contribution in [-0.4, -0.2) is 5.91 Å². The van der Waals surface area contributed by atoms with Gasteiger partial charge in [0.05, 0.1) is 16.9 Å². The molecule has 3 rings (SSSR count). The Bertz CT molecular complexity index is 772. The second-order valence-corrected chi connectivity index (χ2v) is 5.55. The summed E-state index contributed by atoms with van der Waals surface area (Å²) in [6, 6.07) is 13.5. The van der Waals surface area contributed by atoms with Crippen molar-refractivity contribution in [3.05, 3.63) is 59.0 Å². The summed E-state index contributed by atoms with van der Waals surface area (Å²) in [7, 11) is 0. The number of amides is 1. The topological polar surface area (TPSA) is 55.1 Å². The molecule has 1 aromatic heterocycles. The van der Waals surface area contributed by atoms with Gasteiger partial charge in [0.25, 0.3) is 5.91 Å². The zero-order valence-electron chi connectivity index (χ0n) is 11.0. The Morgan fingerprint density at radius 1 is 1.15 bits per heavy atom. The van der Waals surface area contributed by atoms with Gasteiger partial charge in [0, 0.05) is 15.5 Å². The number of carbonyl (C=O) groups excluding carboxylic acids is 1. The second kappa shape index (κ2) is 4.98. The molecule has 0 bridgehead atoms. The van der Waals surface area contributed by atoms with E-state index < -0.39 is 0 Å². The lowest BCUT2D eigenvalue weighted by atomic mass is 10.1. The number of para-hydroxylation sites is 1. The van der Waals surface area contributed by atoms with E-state index in [1.807, 2.05) is 48.7 Å². The quantitative estimate of drug-likeness (QED) is 0.697. The summed E-state index contributed by atoms with van der Waals surface area (Å²) < 4.78 is 1.11. The van der Waals surface area contributed by atoms with Gasteiger partial charge in [-0.3, -0.25) is 4.79 Å². The van der Waals surface area contributed by atoms with Gasteiger partial charge in [0.1, 0.15) is 0 Å². The van der Waals surface area contributed by atoms with E-state index in [0.29, 0.717) is 16.9 Å². The summed E-state index contributed by atoms with van der Waals surface area (Å²) in [4.78, 5) is 12.4. The van der Waals surface area contributed by atoms with Crippen LogP contribution in [0, 0.1) is 6.92 Å². The number of hydrogen-bond donors (Lipinski definition) is 2. The van der Waals surface area contributed by atoms with E-state index in [1.165, 1.54) is 0 Å². The molecule has 0 aliphatic rings. The first-order valence-electron chi connectivity index (χ1n) is 6.29. The normalized spacial score (nSPS) is 10.7. The Hall–Kier alpha value is -2.33. The largest absolute Gasteiger partial charge is 0.397 e. The van der Waals surface area contributed by atoms with Gasteiger partial charge >= 0.3 is 0 Å². The van der Waals surface area contributed by atoms with Crippen LogP contribution in [0.2, 0.25) is 0 Å². The van der Waals surface area contributed by atoms with Gasteiger partial charge in [0.15, 0.2) is 0 Å². The van der Waals surface area contributed by atoms with Gasteiger partial charge in [-0.1, -0.05) is 30.3 Å². The molecule has 0 saturated heterocycles. The number of anilines is 2. The lowest BCUT2D eigenvalue weighted by molar-refractivity contribution is 0.102. The molecule has 3 nitrogen and oxygen atoms in total. The number of aryl methyl sites for hydroxylation is 1. The smallest absolute Gasteiger partial charge is 0.257 e. The van der Waals surface area contributed by atoms with Crippen LogP contribution in [0.3, 0.4) is 0 Å². The van der Waals surface area contributed by atoms with Gasteiger partial charge in [-0.25, -0.2) is 0 Å². The summed E-state index contributed by atoms with van der Waals surface area (Å²) in [5, 5.41) is 5.77. The van der Waals surface area contributed by atoms with E-state index in [0.717, 1.165) is 15.6 Å². The first-order chi connectivity index (χ1) is 9.66. The van der Waals surface area contributed by atoms with Crippen molar-refractivity contribution in [3.8, 4) is 0 Å². The molecular weight excluding hydrogens is 268 g/mol. The average molecular weight is 282 g/mol. The molecule has 1 heterocycles. The molecule has 0 radical (unpaired) electrons. The van der Waals surface area contributed by atoms with Crippen molar-refractivity contribution >= 4 is 38.7 Å². The van der Waals surface area contributed by atoms with E-state index in [9.17, 15) is 4.79 Å². The van der Waals surface area contributed by atoms with Crippen LogP contribution in [0.15, 0.2) is 47.8 Å². The van der Waals surface area contributed by atoms with Crippen molar-refractivity contribution in [1.29, 1.82) is 0 Å². The Labute approximate surface area is 121 Å². The van der Waals surface area contributed by atoms with Crippen molar-refractivity contribution in [1.82, 2.24) is 0 Å². The Morgan fingerprint density at radius 3 is 2.75 bits per heavy atom. The Morgan fingerprint density at radius 2 is 1.95 bits per heavy atom. The molecule has 0 aliphatic heterocycles. The highest BCUT2D eigenvalue weighted by Crippen LogP contribution is 2.28. The van der Waals surface area contributed by atoms with Gasteiger partial charge in [-0.05, 0) is 24.6 Å². The van der Waals surface area contributed by atoms with Crippen molar-refractivity contribution in [2.24, 2.45) is 0 Å². The molecule has 3 N–H and O–H groups in total. The Balaban J connectivity index is 1.98. The molecule has 1 amide bonds. The fourth-order valence-corrected chi connectivity index (χ4v) is 3.14. The molecule has 0 fully saturated rings. The van der Waals surface area contributed by atoms with E-state index in [2.05, 4.69) is 5.32 Å². The lowest BCUT2D eigenvalue weighted by Gasteiger charge is -2.10. The summed E-state index contributed by atoms with van der Waals surface area (Å²) in [6.07, 6.45) is 0. The predicted molar refractivity (Wildman–Crippen MR) is 85.4 cm³/mol. The van der Waals surface area contributed by atoms with Gasteiger partial charge in [-0.15, -0.1) is 11.3 Å². The van der Waals surface area contributed by atoms with Crippen LogP contribution in [-0.2, 0) is 0 Å². The highest BCUT2D eigenvalue weighted by molar-refractivity contribution is 7.17. The minimum atomic E-state index is -0.122. The van der Waals surface area contributed by atoms with E-state index >= 15 is 0 Å². The minimum Gasteiger partial charge on any atom is -0.397 e. The number of rotatable bonds is 2. The summed E-state index contributed by atoms with van der Waals surface area (Å²) in [5.74, 6) is -0.122. The second-order valence-electron chi connectivity index (χ2n) is 4.64. The number of nitrogen functional groups attached to an aromatic ring is 1. The van der Waals surface area contributed by atoms with Crippen molar-refractivity contribution in [3.63, 3.8) is 0 Å². The van der Waals surface area contributed by atoms with Crippen LogP contribution in [0.5, 0.6) is 0 Å². The predicted octanol–water partition coefficient (Wildman–Crippen LogP) is 4.04. The standard InChI is InChI=1S/C16H14N2OS/c1-10-5-4-7-13(17)15(10)18-16(19)12-9-20-14-8-3-2-6-11(12)14/h2-9H,17H2,1H3,(H,18,19). The molecule has 0 atom stereocenters. The molecule has 0 unspecified atom stereocenters. The fourth-order valence-electron chi connectivity index (χ4n) is 2.20. The molecular formula is C16H14N2OS. The third-order valence-corrected chi connectivity index (χ3v) is 4.23. The monoisotopic (exact) mass is 282 g/mol. The fraction of sp³-hybridized carbons (Fsp3) is 0.0625. The molecule has 100 valence electrons. The van der Waals surface area contributed by atoms with Crippen LogP contribution >= 0.6 is 11.3 Å². The summed E-state index contributed by atoms with van der Waals surface area (Å²) in [5.41, 5.74) is 8.84. The number of benzene rings is 2. The number of nitrogens with one attached hydrogen (secondary N) is 1. The first kappa shape index (κ1) is 12.7. The zero-order chi connectivity index (χ0) is 14.1. The third kappa shape index (κ3) is 2.14. The van der Waals surface area contributed by atoms with Gasteiger partial charge < -0.3 is 11.1 Å². The lowest BCUT2D eigenvalue weighted by Crippen LogP contribution is -2.13. The minimum absolute atomic E-state index is 0.122. The number of carbonyl (C=O) groups is 1. The van der Waals surface area contributed by atoms with Crippen LogP contribution in [0.4, 0.5) is 11.4 Å².